The van der Waals surface area contributed by atoms with E-state index in [1.165, 1.54) is 24.3 Å². The van der Waals surface area contributed by atoms with E-state index < -0.39 is 17.5 Å². The fraction of sp³-hybridized carbons (Fsp3) is 0. The second kappa shape index (κ2) is 4.93. The molecular weight excluding hydrogens is 252 g/mol. The molecule has 0 aromatic heterocycles. The van der Waals surface area contributed by atoms with Gasteiger partial charge in [0.2, 0.25) is 0 Å². The fourth-order valence-electron chi connectivity index (χ4n) is 1.48. The number of nitrogens with two attached hydrogens (primary N) is 2. The van der Waals surface area contributed by atoms with Gasteiger partial charge in [-0.15, -0.1) is 0 Å². The van der Waals surface area contributed by atoms with Gasteiger partial charge in [0.15, 0.2) is 0 Å². The Balaban J connectivity index is 2.20. The van der Waals surface area contributed by atoms with Crippen molar-refractivity contribution in [3.05, 3.63) is 53.6 Å². The van der Waals surface area contributed by atoms with Gasteiger partial charge in [-0.05, 0) is 36.4 Å². The molecule has 0 aliphatic rings. The van der Waals surface area contributed by atoms with Gasteiger partial charge in [-0.1, -0.05) is 0 Å². The maximum Gasteiger partial charge on any atom is 0.255 e. The number of nitrogen functional groups attached to an aromatic ring is 2. The van der Waals surface area contributed by atoms with Crippen LogP contribution in [-0.2, 0) is 0 Å². The minimum Gasteiger partial charge on any atom is -0.396 e. The molecule has 98 valence electrons. The predicted octanol–water partition coefficient (Wildman–Crippen LogP) is 2.38. The second-order valence-electron chi connectivity index (χ2n) is 3.93. The van der Waals surface area contributed by atoms with Crippen molar-refractivity contribution >= 4 is 23.0 Å². The van der Waals surface area contributed by atoms with Gasteiger partial charge >= 0.3 is 0 Å². The van der Waals surface area contributed by atoms with E-state index in [0.717, 1.165) is 12.1 Å². The lowest BCUT2D eigenvalue weighted by Gasteiger charge is -2.07. The van der Waals surface area contributed by atoms with Gasteiger partial charge in [0, 0.05) is 11.3 Å². The molecule has 0 spiro atoms. The van der Waals surface area contributed by atoms with Gasteiger partial charge in [0.1, 0.15) is 11.6 Å². The highest BCUT2D eigenvalue weighted by Gasteiger charge is 2.09. The van der Waals surface area contributed by atoms with Crippen LogP contribution in [0.1, 0.15) is 10.4 Å². The summed E-state index contributed by atoms with van der Waals surface area (Å²) in [6.45, 7) is 0. The number of hydrogen-bond donors (Lipinski definition) is 3. The normalized spacial score (nSPS) is 10.2. The Kier molecular flexibility index (Phi) is 3.33. The highest BCUT2D eigenvalue weighted by molar-refractivity contribution is 6.04. The first-order valence-electron chi connectivity index (χ1n) is 5.39. The second-order valence-corrected chi connectivity index (χ2v) is 3.93. The average Bonchev–Trinajstić information content (AvgIpc) is 2.37. The third-order valence-electron chi connectivity index (χ3n) is 2.52. The number of carbonyl (C=O) groups excluding carboxylic acids is 1. The quantitative estimate of drug-likeness (QED) is 0.727. The Hall–Kier alpha value is -2.63. The van der Waals surface area contributed by atoms with Gasteiger partial charge in [0.25, 0.3) is 5.91 Å². The number of carbonyl (C=O) groups is 1. The fourth-order valence-corrected chi connectivity index (χ4v) is 1.48. The van der Waals surface area contributed by atoms with Gasteiger partial charge in [-0.3, -0.25) is 4.79 Å². The van der Waals surface area contributed by atoms with Crippen molar-refractivity contribution in [1.82, 2.24) is 0 Å². The van der Waals surface area contributed by atoms with Crippen LogP contribution in [0.25, 0.3) is 0 Å². The van der Waals surface area contributed by atoms with E-state index in [1.807, 2.05) is 0 Å². The molecule has 0 bridgehead atoms. The van der Waals surface area contributed by atoms with Gasteiger partial charge in [-0.2, -0.15) is 0 Å². The van der Waals surface area contributed by atoms with E-state index in [9.17, 15) is 13.6 Å². The molecule has 0 aliphatic heterocycles. The summed E-state index contributed by atoms with van der Waals surface area (Å²) in [6.07, 6.45) is 0. The molecular formula is C13H11F2N3O. The minimum atomic E-state index is -0.684. The van der Waals surface area contributed by atoms with Crippen molar-refractivity contribution in [3.63, 3.8) is 0 Å². The Bertz CT molecular complexity index is 644. The molecule has 0 saturated carbocycles. The zero-order valence-corrected chi connectivity index (χ0v) is 9.78. The summed E-state index contributed by atoms with van der Waals surface area (Å²) in [5.74, 6) is -1.89. The summed E-state index contributed by atoms with van der Waals surface area (Å²) >= 11 is 0. The maximum atomic E-state index is 13.2. The van der Waals surface area contributed by atoms with Crippen LogP contribution in [0.4, 0.5) is 25.8 Å². The first-order chi connectivity index (χ1) is 8.97. The number of nitrogens with one attached hydrogen (secondary N) is 1. The van der Waals surface area contributed by atoms with E-state index in [2.05, 4.69) is 5.32 Å². The molecule has 4 nitrogen and oxygen atoms in total. The lowest BCUT2D eigenvalue weighted by Crippen LogP contribution is -2.12. The van der Waals surface area contributed by atoms with Crippen molar-refractivity contribution in [1.29, 1.82) is 0 Å². The molecule has 5 N–H and O–H groups in total. The van der Waals surface area contributed by atoms with Crippen LogP contribution in [0, 0.1) is 11.6 Å². The molecule has 2 aromatic carbocycles. The summed E-state index contributed by atoms with van der Waals surface area (Å²) in [7, 11) is 0. The van der Waals surface area contributed by atoms with Crippen LogP contribution < -0.4 is 16.8 Å². The van der Waals surface area contributed by atoms with Crippen molar-refractivity contribution in [2.45, 2.75) is 0 Å². The zero-order valence-electron chi connectivity index (χ0n) is 9.78. The average molecular weight is 263 g/mol. The summed E-state index contributed by atoms with van der Waals surface area (Å²) in [5.41, 5.74) is 10.9. The summed E-state index contributed by atoms with van der Waals surface area (Å²) in [5, 5.41) is 2.43. The molecule has 0 atom stereocenters. The van der Waals surface area contributed by atoms with Crippen LogP contribution in [0.5, 0.6) is 0 Å². The van der Waals surface area contributed by atoms with Gasteiger partial charge in [-0.25, -0.2) is 8.78 Å². The number of anilines is 3. The molecule has 0 saturated heterocycles. The maximum absolute atomic E-state index is 13.2. The molecule has 2 aromatic rings. The summed E-state index contributed by atoms with van der Waals surface area (Å²) in [6, 6.07) is 7.53. The largest absolute Gasteiger partial charge is 0.396 e. The highest BCUT2D eigenvalue weighted by atomic mass is 19.1. The Morgan fingerprint density at radius 1 is 0.947 bits per heavy atom. The van der Waals surface area contributed by atoms with Crippen molar-refractivity contribution in [3.8, 4) is 0 Å². The van der Waals surface area contributed by atoms with E-state index in [1.54, 1.807) is 0 Å². The molecule has 0 fully saturated rings. The number of halogens is 2. The Labute approximate surface area is 108 Å². The molecule has 0 heterocycles. The summed E-state index contributed by atoms with van der Waals surface area (Å²) < 4.78 is 26.4. The highest BCUT2D eigenvalue weighted by Crippen LogP contribution is 2.18. The standard InChI is InChI=1S/C13H11F2N3O/c14-9-5-7(1-3-11(9)16)13(19)18-8-2-4-12(17)10(15)6-8/h1-6H,16-17H2,(H,18,19). The predicted molar refractivity (Wildman–Crippen MR) is 69.6 cm³/mol. The lowest BCUT2D eigenvalue weighted by atomic mass is 10.2. The molecule has 1 amide bonds. The van der Waals surface area contributed by atoms with Crippen LogP contribution in [0.15, 0.2) is 36.4 Å². The third-order valence-corrected chi connectivity index (χ3v) is 2.52. The molecule has 0 aliphatic carbocycles. The van der Waals surface area contributed by atoms with E-state index in [-0.39, 0.29) is 22.6 Å². The first kappa shape index (κ1) is 12.8. The first-order valence-corrected chi connectivity index (χ1v) is 5.39. The smallest absolute Gasteiger partial charge is 0.255 e. The van der Waals surface area contributed by atoms with Gasteiger partial charge < -0.3 is 16.8 Å². The van der Waals surface area contributed by atoms with Crippen LogP contribution in [0.2, 0.25) is 0 Å². The molecule has 0 radical (unpaired) electrons. The monoisotopic (exact) mass is 263 g/mol. The van der Waals surface area contributed by atoms with Crippen molar-refractivity contribution < 1.29 is 13.6 Å². The van der Waals surface area contributed by atoms with Crippen LogP contribution >= 0.6 is 0 Å². The zero-order chi connectivity index (χ0) is 14.0. The number of rotatable bonds is 2. The van der Waals surface area contributed by atoms with E-state index >= 15 is 0 Å². The summed E-state index contributed by atoms with van der Waals surface area (Å²) in [4.78, 5) is 11.8. The van der Waals surface area contributed by atoms with E-state index in [4.69, 9.17) is 11.5 Å². The van der Waals surface area contributed by atoms with E-state index in [0.29, 0.717) is 0 Å². The minimum absolute atomic E-state index is 0.0171. The topological polar surface area (TPSA) is 81.1 Å². The number of amides is 1. The van der Waals surface area contributed by atoms with Crippen molar-refractivity contribution in [2.75, 3.05) is 16.8 Å². The molecule has 2 rings (SSSR count). The molecule has 6 heteroatoms. The number of hydrogen-bond acceptors (Lipinski definition) is 3. The number of benzene rings is 2. The third kappa shape index (κ3) is 2.79. The van der Waals surface area contributed by atoms with Crippen LogP contribution in [-0.4, -0.2) is 5.91 Å². The molecule has 0 unspecified atom stereocenters. The molecule has 19 heavy (non-hydrogen) atoms. The van der Waals surface area contributed by atoms with Crippen LogP contribution in [0.3, 0.4) is 0 Å². The Morgan fingerprint density at radius 3 is 2.11 bits per heavy atom. The van der Waals surface area contributed by atoms with Gasteiger partial charge in [0.05, 0.1) is 11.4 Å². The Morgan fingerprint density at radius 2 is 1.53 bits per heavy atom. The SMILES string of the molecule is Nc1ccc(NC(=O)c2ccc(N)c(F)c2)cc1F. The van der Waals surface area contributed by atoms with Crippen molar-refractivity contribution in [2.24, 2.45) is 0 Å². The lowest BCUT2D eigenvalue weighted by molar-refractivity contribution is 0.102.